The standard InChI is InChI=1S/C9H11N3S/c1-7-10-11-9(13)12(7)8-5-3-2-4-6-8/h2-5,8H,6H2,1H3,(H,11,13). The Kier molecular flexibility index (Phi) is 2.22. The Balaban J connectivity index is 2.34. The van der Waals surface area contributed by atoms with Crippen LogP contribution in [-0.4, -0.2) is 14.8 Å². The Labute approximate surface area is 82.6 Å². The number of allylic oxidation sites excluding steroid dienone is 4. The van der Waals surface area contributed by atoms with E-state index in [2.05, 4.69) is 35.0 Å². The molecule has 1 unspecified atom stereocenters. The zero-order chi connectivity index (χ0) is 9.26. The molecule has 3 nitrogen and oxygen atoms in total. The molecule has 0 radical (unpaired) electrons. The van der Waals surface area contributed by atoms with Gasteiger partial charge in [-0.3, -0.25) is 4.57 Å². The Morgan fingerprint density at radius 3 is 2.85 bits per heavy atom. The quantitative estimate of drug-likeness (QED) is 0.691. The maximum atomic E-state index is 4.26. The number of thiol groups is 1. The number of aryl methyl sites for hydroxylation is 1. The van der Waals surface area contributed by atoms with E-state index in [9.17, 15) is 0 Å². The first-order valence-corrected chi connectivity index (χ1v) is 4.67. The van der Waals surface area contributed by atoms with E-state index in [0.717, 1.165) is 12.2 Å². The predicted octanol–water partition coefficient (Wildman–Crippen LogP) is 1.93. The maximum absolute atomic E-state index is 4.26. The molecule has 68 valence electrons. The van der Waals surface area contributed by atoms with Gasteiger partial charge in [-0.1, -0.05) is 24.3 Å². The van der Waals surface area contributed by atoms with Crippen molar-refractivity contribution in [2.45, 2.75) is 24.5 Å². The minimum atomic E-state index is 0.326. The van der Waals surface area contributed by atoms with Crippen molar-refractivity contribution in [1.82, 2.24) is 14.8 Å². The van der Waals surface area contributed by atoms with E-state index >= 15 is 0 Å². The summed E-state index contributed by atoms with van der Waals surface area (Å²) in [5.41, 5.74) is 0. The molecule has 0 aromatic carbocycles. The highest BCUT2D eigenvalue weighted by molar-refractivity contribution is 7.80. The van der Waals surface area contributed by atoms with E-state index < -0.39 is 0 Å². The minimum absolute atomic E-state index is 0.326. The van der Waals surface area contributed by atoms with Crippen LogP contribution in [0.15, 0.2) is 29.5 Å². The molecule has 1 aromatic rings. The van der Waals surface area contributed by atoms with Crippen molar-refractivity contribution < 1.29 is 0 Å². The van der Waals surface area contributed by atoms with Crippen LogP contribution in [0.25, 0.3) is 0 Å². The molecular weight excluding hydrogens is 182 g/mol. The van der Waals surface area contributed by atoms with Crippen molar-refractivity contribution in [3.8, 4) is 0 Å². The molecule has 0 fully saturated rings. The third kappa shape index (κ3) is 1.54. The van der Waals surface area contributed by atoms with Gasteiger partial charge in [-0.05, 0) is 13.3 Å². The van der Waals surface area contributed by atoms with E-state index in [1.54, 1.807) is 0 Å². The summed E-state index contributed by atoms with van der Waals surface area (Å²) in [6, 6.07) is 0.326. The van der Waals surface area contributed by atoms with Crippen molar-refractivity contribution in [3.05, 3.63) is 30.1 Å². The molecule has 0 amide bonds. The fourth-order valence-corrected chi connectivity index (χ4v) is 1.84. The second kappa shape index (κ2) is 3.38. The molecule has 0 saturated heterocycles. The Bertz CT molecular complexity index is 345. The molecular formula is C9H11N3S. The van der Waals surface area contributed by atoms with Gasteiger partial charge in [0.25, 0.3) is 0 Å². The van der Waals surface area contributed by atoms with Gasteiger partial charge in [0, 0.05) is 0 Å². The molecule has 0 saturated carbocycles. The highest BCUT2D eigenvalue weighted by Crippen LogP contribution is 2.22. The van der Waals surface area contributed by atoms with Crippen molar-refractivity contribution in [1.29, 1.82) is 0 Å². The average Bonchev–Trinajstić information content (AvgIpc) is 2.48. The summed E-state index contributed by atoms with van der Waals surface area (Å²) >= 11 is 4.26. The van der Waals surface area contributed by atoms with Crippen molar-refractivity contribution in [2.75, 3.05) is 0 Å². The molecule has 0 spiro atoms. The molecule has 1 aromatic heterocycles. The van der Waals surface area contributed by atoms with E-state index in [0.29, 0.717) is 11.2 Å². The van der Waals surface area contributed by atoms with Gasteiger partial charge in [-0.25, -0.2) is 0 Å². The van der Waals surface area contributed by atoms with Crippen molar-refractivity contribution >= 4 is 12.6 Å². The zero-order valence-electron chi connectivity index (χ0n) is 7.38. The molecule has 1 aliphatic rings. The summed E-state index contributed by atoms with van der Waals surface area (Å²) in [7, 11) is 0. The van der Waals surface area contributed by atoms with Crippen molar-refractivity contribution in [2.24, 2.45) is 0 Å². The number of rotatable bonds is 1. The molecule has 1 aliphatic carbocycles. The summed E-state index contributed by atoms with van der Waals surface area (Å²) < 4.78 is 2.03. The summed E-state index contributed by atoms with van der Waals surface area (Å²) in [5, 5.41) is 8.56. The third-order valence-corrected chi connectivity index (χ3v) is 2.44. The van der Waals surface area contributed by atoms with Gasteiger partial charge in [0.05, 0.1) is 6.04 Å². The lowest BCUT2D eigenvalue weighted by molar-refractivity contribution is 0.545. The zero-order valence-corrected chi connectivity index (χ0v) is 8.28. The highest BCUT2D eigenvalue weighted by Gasteiger charge is 2.13. The topological polar surface area (TPSA) is 30.7 Å². The third-order valence-electron chi connectivity index (χ3n) is 2.14. The first-order chi connectivity index (χ1) is 6.29. The SMILES string of the molecule is Cc1nnc(S)n1C1C=CC=CC1. The van der Waals surface area contributed by atoms with E-state index in [1.807, 2.05) is 23.6 Å². The van der Waals surface area contributed by atoms with E-state index in [-0.39, 0.29) is 0 Å². The summed E-state index contributed by atoms with van der Waals surface area (Å²) in [6.45, 7) is 1.94. The molecule has 1 heterocycles. The van der Waals surface area contributed by atoms with Gasteiger partial charge in [-0.15, -0.1) is 22.8 Å². The van der Waals surface area contributed by atoms with Gasteiger partial charge in [0.1, 0.15) is 5.82 Å². The van der Waals surface area contributed by atoms with E-state index in [1.165, 1.54) is 0 Å². The monoisotopic (exact) mass is 193 g/mol. The van der Waals surface area contributed by atoms with Crippen LogP contribution in [0.5, 0.6) is 0 Å². The largest absolute Gasteiger partial charge is 0.299 e. The van der Waals surface area contributed by atoms with Gasteiger partial charge in [0.15, 0.2) is 5.16 Å². The van der Waals surface area contributed by atoms with Crippen LogP contribution in [0.4, 0.5) is 0 Å². The molecule has 0 aliphatic heterocycles. The number of nitrogens with zero attached hydrogens (tertiary/aromatic N) is 3. The number of aromatic nitrogens is 3. The molecule has 4 heteroatoms. The van der Waals surface area contributed by atoms with Gasteiger partial charge >= 0.3 is 0 Å². The minimum Gasteiger partial charge on any atom is -0.299 e. The highest BCUT2D eigenvalue weighted by atomic mass is 32.1. The molecule has 13 heavy (non-hydrogen) atoms. The van der Waals surface area contributed by atoms with Crippen LogP contribution in [0.1, 0.15) is 18.3 Å². The van der Waals surface area contributed by atoms with Crippen LogP contribution in [0.2, 0.25) is 0 Å². The molecule has 0 N–H and O–H groups in total. The first kappa shape index (κ1) is 8.56. The summed E-state index contributed by atoms with van der Waals surface area (Å²) in [6.07, 6.45) is 9.35. The van der Waals surface area contributed by atoms with Crippen LogP contribution in [0.3, 0.4) is 0 Å². The van der Waals surface area contributed by atoms with Gasteiger partial charge < -0.3 is 0 Å². The van der Waals surface area contributed by atoms with Crippen LogP contribution in [0, 0.1) is 6.92 Å². The van der Waals surface area contributed by atoms with Crippen LogP contribution >= 0.6 is 12.6 Å². The lowest BCUT2D eigenvalue weighted by Crippen LogP contribution is -2.09. The molecule has 1 atom stereocenters. The summed E-state index contributed by atoms with van der Waals surface area (Å²) in [5.74, 6) is 0.912. The average molecular weight is 193 g/mol. The van der Waals surface area contributed by atoms with Gasteiger partial charge in [-0.2, -0.15) is 0 Å². The first-order valence-electron chi connectivity index (χ1n) is 4.23. The normalized spacial score (nSPS) is 20.9. The fourth-order valence-electron chi connectivity index (χ4n) is 1.51. The Hall–Kier alpha value is -1.03. The van der Waals surface area contributed by atoms with Gasteiger partial charge in [0.2, 0.25) is 0 Å². The van der Waals surface area contributed by atoms with E-state index in [4.69, 9.17) is 0 Å². The number of hydrogen-bond donors (Lipinski definition) is 1. The lowest BCUT2D eigenvalue weighted by Gasteiger charge is -2.16. The predicted molar refractivity (Wildman–Crippen MR) is 53.9 cm³/mol. The number of hydrogen-bond acceptors (Lipinski definition) is 3. The summed E-state index contributed by atoms with van der Waals surface area (Å²) in [4.78, 5) is 0. The lowest BCUT2D eigenvalue weighted by atomic mass is 10.1. The maximum Gasteiger partial charge on any atom is 0.188 e. The molecule has 0 bridgehead atoms. The van der Waals surface area contributed by atoms with Crippen LogP contribution in [-0.2, 0) is 0 Å². The van der Waals surface area contributed by atoms with Crippen molar-refractivity contribution in [3.63, 3.8) is 0 Å². The Morgan fingerprint density at radius 1 is 1.46 bits per heavy atom. The molecule has 2 rings (SSSR count). The fraction of sp³-hybridized carbons (Fsp3) is 0.333. The Morgan fingerprint density at radius 2 is 2.31 bits per heavy atom. The second-order valence-electron chi connectivity index (χ2n) is 3.03. The van der Waals surface area contributed by atoms with Crippen LogP contribution < -0.4 is 0 Å². The second-order valence-corrected chi connectivity index (χ2v) is 3.43. The smallest absolute Gasteiger partial charge is 0.188 e.